The van der Waals surface area contributed by atoms with E-state index in [4.69, 9.17) is 14.0 Å². The molecule has 5 heteroatoms. The van der Waals surface area contributed by atoms with Crippen LogP contribution in [0.2, 0.25) is 0 Å². The number of hydrogen-bond acceptors (Lipinski definition) is 1. The molecule has 0 bridgehead atoms. The van der Waals surface area contributed by atoms with Gasteiger partial charge in [0.15, 0.2) is 0 Å². The van der Waals surface area contributed by atoms with Crippen LogP contribution in [0, 0.1) is 20.0 Å². The summed E-state index contributed by atoms with van der Waals surface area (Å²) in [5.74, 6) is 0. The van der Waals surface area contributed by atoms with Crippen molar-refractivity contribution in [3.8, 4) is 0 Å². The van der Waals surface area contributed by atoms with Crippen molar-refractivity contribution in [3.05, 3.63) is 67.5 Å². The zero-order chi connectivity index (χ0) is 15.7. The van der Waals surface area contributed by atoms with Crippen molar-refractivity contribution >= 4 is 0 Å². The van der Waals surface area contributed by atoms with Crippen LogP contribution in [0.25, 0.3) is 0 Å². The zero-order valence-electron chi connectivity index (χ0n) is 11.3. The molecule has 4 nitrogen and oxygen atoms in total. The van der Waals surface area contributed by atoms with Gasteiger partial charge < -0.3 is 5.11 Å². The standard InChI is InChI=1S/C12H16O.3CO.Cr/c1-10(2)8-9-12(13)11-6-4-3-5-7-11;3*1-2;/h3-8,12-13H,9H2,1-2H3;;;;/t12-;;;;/m1..../s1. The van der Waals surface area contributed by atoms with E-state index in [9.17, 15) is 5.11 Å². The van der Waals surface area contributed by atoms with Gasteiger partial charge in [-0.15, -0.1) is 0 Å². The minimum Gasteiger partial charge on any atom is 0 e. The Balaban J connectivity index is -0.000000162. The second kappa shape index (κ2) is 22.8. The summed E-state index contributed by atoms with van der Waals surface area (Å²) >= 11 is 0. The molecule has 0 aliphatic heterocycles. The first-order valence-corrected chi connectivity index (χ1v) is 5.18. The Hall–Kier alpha value is -1.33. The van der Waals surface area contributed by atoms with Gasteiger partial charge >= 0.3 is 33.9 Å². The first kappa shape index (κ1) is 27.1. The predicted molar refractivity (Wildman–Crippen MR) is 67.2 cm³/mol. The number of hydrogen-bond donors (Lipinski definition) is 1. The van der Waals surface area contributed by atoms with Gasteiger partial charge in [-0.25, -0.2) is 0 Å². The molecule has 1 atom stereocenters. The van der Waals surface area contributed by atoms with Crippen LogP contribution < -0.4 is 0 Å². The summed E-state index contributed by atoms with van der Waals surface area (Å²) in [5, 5.41) is 9.72. The molecule has 1 aromatic rings. The Morgan fingerprint density at radius 2 is 1.45 bits per heavy atom. The van der Waals surface area contributed by atoms with Crippen LogP contribution in [0.5, 0.6) is 0 Å². The summed E-state index contributed by atoms with van der Waals surface area (Å²) < 4.78 is 22.5. The van der Waals surface area contributed by atoms with Crippen molar-refractivity contribution in [3.63, 3.8) is 0 Å². The van der Waals surface area contributed by atoms with Crippen LogP contribution in [-0.2, 0) is 31.3 Å². The molecule has 1 N–H and O–H groups in total. The van der Waals surface area contributed by atoms with Gasteiger partial charge in [-0.05, 0) is 25.8 Å². The first-order chi connectivity index (χ1) is 9.20. The third kappa shape index (κ3) is 16.7. The second-order valence-electron chi connectivity index (χ2n) is 3.44. The molecule has 106 valence electrons. The van der Waals surface area contributed by atoms with Crippen LogP contribution in [0.1, 0.15) is 31.9 Å². The second-order valence-corrected chi connectivity index (χ2v) is 3.44. The summed E-state index contributed by atoms with van der Waals surface area (Å²) in [4.78, 5) is 0. The molecule has 0 saturated heterocycles. The topological polar surface area (TPSA) is 79.9 Å². The van der Waals surface area contributed by atoms with Crippen LogP contribution in [0.4, 0.5) is 0 Å². The van der Waals surface area contributed by atoms with Crippen molar-refractivity contribution < 1.29 is 36.4 Å². The van der Waals surface area contributed by atoms with Gasteiger partial charge in [0.2, 0.25) is 0 Å². The molecule has 0 fully saturated rings. The van der Waals surface area contributed by atoms with Crippen LogP contribution >= 0.6 is 0 Å². The molecular weight excluding hydrogens is 296 g/mol. The van der Waals surface area contributed by atoms with E-state index in [0.717, 1.165) is 5.56 Å². The molecular formula is C15H16CrO4. The van der Waals surface area contributed by atoms with Gasteiger partial charge in [-0.1, -0.05) is 42.0 Å². The smallest absolute Gasteiger partial charge is 0 e. The molecule has 0 aromatic heterocycles. The Morgan fingerprint density at radius 3 is 1.80 bits per heavy atom. The molecule has 0 unspecified atom stereocenters. The summed E-state index contributed by atoms with van der Waals surface area (Å²) in [5.41, 5.74) is 2.23. The molecule has 1 aromatic carbocycles. The number of rotatable bonds is 3. The van der Waals surface area contributed by atoms with Gasteiger partial charge in [0.05, 0.1) is 6.10 Å². The fraction of sp³-hybridized carbons (Fsp3) is 0.267. The maximum Gasteiger partial charge on any atom is 0 e. The molecule has 0 aliphatic rings. The van der Waals surface area contributed by atoms with Crippen LogP contribution in [-0.4, -0.2) is 5.11 Å². The van der Waals surface area contributed by atoms with Gasteiger partial charge in [-0.2, -0.15) is 0 Å². The molecule has 0 aliphatic carbocycles. The van der Waals surface area contributed by atoms with Crippen molar-refractivity contribution in [2.45, 2.75) is 26.4 Å². The summed E-state index contributed by atoms with van der Waals surface area (Å²) in [6.07, 6.45) is 2.39. The number of benzene rings is 1. The fourth-order valence-electron chi connectivity index (χ4n) is 1.16. The first-order valence-electron chi connectivity index (χ1n) is 5.18. The minimum absolute atomic E-state index is 0. The quantitative estimate of drug-likeness (QED) is 0.520. The predicted octanol–water partition coefficient (Wildman–Crippen LogP) is 2.96. The van der Waals surface area contributed by atoms with E-state index >= 15 is 0 Å². The van der Waals surface area contributed by atoms with E-state index in [-0.39, 0.29) is 23.5 Å². The maximum atomic E-state index is 9.72. The van der Waals surface area contributed by atoms with Gasteiger partial charge in [0.25, 0.3) is 0 Å². The van der Waals surface area contributed by atoms with E-state index in [1.165, 1.54) is 5.57 Å². The minimum atomic E-state index is -0.365. The largest absolute Gasteiger partial charge is 0 e. The van der Waals surface area contributed by atoms with Crippen molar-refractivity contribution in [1.82, 2.24) is 0 Å². The molecule has 1 rings (SSSR count). The third-order valence-electron chi connectivity index (χ3n) is 1.93. The third-order valence-corrected chi connectivity index (χ3v) is 1.93. The molecule has 0 radical (unpaired) electrons. The fourth-order valence-corrected chi connectivity index (χ4v) is 1.16. The Kier molecular flexibility index (Phi) is 30.9. The Morgan fingerprint density at radius 1 is 1.05 bits per heavy atom. The van der Waals surface area contributed by atoms with Gasteiger partial charge in [0, 0.05) is 17.4 Å². The Labute approximate surface area is 130 Å². The van der Waals surface area contributed by atoms with Gasteiger partial charge in [0.1, 0.15) is 0 Å². The monoisotopic (exact) mass is 312 g/mol. The molecule has 0 heterocycles. The average Bonchev–Trinajstić information content (AvgIpc) is 2.51. The van der Waals surface area contributed by atoms with E-state index in [0.29, 0.717) is 6.42 Å². The number of aliphatic hydroxyl groups is 1. The van der Waals surface area contributed by atoms with Crippen LogP contribution in [0.15, 0.2) is 42.0 Å². The summed E-state index contributed by atoms with van der Waals surface area (Å²) in [7, 11) is 0. The Bertz CT molecular complexity index is 375. The molecule has 0 saturated carbocycles. The SMILES string of the molecule is CC(C)=CC[C@@H](O)c1ccccc1.[C-]#[O+].[C-]#[O+].[C-]#[O+].[Cr]. The summed E-state index contributed by atoms with van der Waals surface area (Å²) in [6, 6.07) is 9.74. The average molecular weight is 312 g/mol. The summed E-state index contributed by atoms with van der Waals surface area (Å²) in [6.45, 7) is 17.6. The van der Waals surface area contributed by atoms with Crippen molar-refractivity contribution in [2.24, 2.45) is 0 Å². The van der Waals surface area contributed by atoms with E-state index in [2.05, 4.69) is 26.0 Å². The maximum absolute atomic E-state index is 9.72. The molecule has 20 heavy (non-hydrogen) atoms. The molecule has 0 spiro atoms. The van der Waals surface area contributed by atoms with E-state index in [1.54, 1.807) is 0 Å². The van der Waals surface area contributed by atoms with Crippen molar-refractivity contribution in [1.29, 1.82) is 0 Å². The van der Waals surface area contributed by atoms with Gasteiger partial charge in [-0.3, -0.25) is 0 Å². The number of aliphatic hydroxyl groups excluding tert-OH is 1. The zero-order valence-corrected chi connectivity index (χ0v) is 12.6. The normalized spacial score (nSPS) is 8.25. The van der Waals surface area contributed by atoms with E-state index in [1.807, 2.05) is 44.2 Å². The molecule has 0 amide bonds. The van der Waals surface area contributed by atoms with Crippen molar-refractivity contribution in [2.75, 3.05) is 0 Å². The number of allylic oxidation sites excluding steroid dienone is 1. The van der Waals surface area contributed by atoms with Crippen LogP contribution in [0.3, 0.4) is 0 Å². The van der Waals surface area contributed by atoms with E-state index < -0.39 is 0 Å².